The molecule has 2 aliphatic heterocycles. The number of nitrogens with zero attached hydrogens (tertiary/aromatic N) is 2. The molecule has 1 unspecified atom stereocenters. The Morgan fingerprint density at radius 3 is 1.62 bits per heavy atom. The maximum absolute atomic E-state index is 6.87. The molecule has 0 bridgehead atoms. The minimum atomic E-state index is -2.27. The second-order valence-electron chi connectivity index (χ2n) is 22.8. The Balaban J connectivity index is 1.18. The molecule has 0 aliphatic carbocycles. The molecule has 2 aromatic heterocycles. The molecule has 0 saturated carbocycles. The van der Waals surface area contributed by atoms with Crippen molar-refractivity contribution in [2.24, 2.45) is 0 Å². The molecule has 3 nitrogen and oxygen atoms in total. The van der Waals surface area contributed by atoms with E-state index in [-0.39, 0.29) is 6.04 Å². The molecule has 0 saturated heterocycles. The van der Waals surface area contributed by atoms with Gasteiger partial charge in [0.05, 0.1) is 11.1 Å². The Hall–Kier alpha value is -6.02. The fraction of sp³-hybridized carbons (Fsp3) is 0.338. The number of fused-ring (bicyclic) bond motifs is 7. The van der Waals surface area contributed by atoms with Gasteiger partial charge in [0.1, 0.15) is 27.3 Å². The van der Waals surface area contributed by atoms with E-state index in [9.17, 15) is 0 Å². The zero-order valence-corrected chi connectivity index (χ0v) is 46.9. The number of benzene rings is 8. The van der Waals surface area contributed by atoms with Crippen LogP contribution in [0.5, 0.6) is 0 Å². The molecule has 0 fully saturated rings. The maximum Gasteiger partial charge on any atom is 0.214 e. The number of furan rings is 1. The average molecular weight is 993 g/mol. The van der Waals surface area contributed by atoms with Gasteiger partial charge in [0.15, 0.2) is 6.20 Å². The lowest BCUT2D eigenvalue weighted by Crippen LogP contribution is -2.66. The number of pyridine rings is 1. The summed E-state index contributed by atoms with van der Waals surface area (Å²) in [6, 6.07) is 60.6. The first-order valence-electron chi connectivity index (χ1n) is 28.4. The zero-order chi connectivity index (χ0) is 50.2. The van der Waals surface area contributed by atoms with Gasteiger partial charge in [-0.15, -0.1) is 0 Å². The Kier molecular flexibility index (Phi) is 12.5. The summed E-state index contributed by atoms with van der Waals surface area (Å²) in [5.41, 5.74) is 13.2. The predicted octanol–water partition coefficient (Wildman–Crippen LogP) is 17.1. The van der Waals surface area contributed by atoms with E-state index in [0.717, 1.165) is 11.2 Å². The third-order valence-electron chi connectivity index (χ3n) is 17.9. The van der Waals surface area contributed by atoms with Crippen LogP contribution in [0.1, 0.15) is 147 Å². The highest BCUT2D eigenvalue weighted by Gasteiger charge is 2.49. The molecule has 12 rings (SSSR count). The van der Waals surface area contributed by atoms with Gasteiger partial charge in [0, 0.05) is 55.7 Å². The predicted molar refractivity (Wildman–Crippen MR) is 320 cm³/mol. The van der Waals surface area contributed by atoms with Crippen molar-refractivity contribution in [3.8, 4) is 0 Å². The molecule has 8 aromatic carbocycles. The fourth-order valence-corrected chi connectivity index (χ4v) is 26.1. The van der Waals surface area contributed by atoms with Crippen molar-refractivity contribution in [1.29, 1.82) is 0 Å². The Morgan fingerprint density at radius 1 is 0.452 bits per heavy atom. The Morgan fingerprint density at radius 2 is 0.986 bits per heavy atom. The van der Waals surface area contributed by atoms with Crippen LogP contribution in [0.4, 0.5) is 17.1 Å². The van der Waals surface area contributed by atoms with Crippen molar-refractivity contribution in [3.05, 3.63) is 168 Å². The van der Waals surface area contributed by atoms with Crippen LogP contribution in [0.25, 0.3) is 54.4 Å². The first kappa shape index (κ1) is 48.0. The molecule has 0 N–H and O–H groups in total. The second-order valence-corrected chi connectivity index (χ2v) is 31.3. The summed E-state index contributed by atoms with van der Waals surface area (Å²) >= 11 is 0. The Labute approximate surface area is 436 Å². The molecule has 0 amide bonds. The number of rotatable bonds is 16. The van der Waals surface area contributed by atoms with Crippen LogP contribution >= 0.6 is 0 Å². The van der Waals surface area contributed by atoms with Gasteiger partial charge in [-0.1, -0.05) is 204 Å². The number of hydrogen-bond donors (Lipinski definition) is 0. The lowest BCUT2D eigenvalue weighted by molar-refractivity contribution is -0.679. The largest absolute Gasteiger partial charge is 0.456 e. The monoisotopic (exact) mass is 992 g/mol. The van der Waals surface area contributed by atoms with Crippen molar-refractivity contribution >= 4 is 108 Å². The number of anilines is 3. The summed E-state index contributed by atoms with van der Waals surface area (Å²) in [4.78, 5) is 2.71. The van der Waals surface area contributed by atoms with Crippen LogP contribution in [0, 0.1) is 0 Å². The van der Waals surface area contributed by atoms with Gasteiger partial charge in [0.2, 0.25) is 11.6 Å². The molecule has 10 aromatic rings. The van der Waals surface area contributed by atoms with Crippen molar-refractivity contribution in [2.45, 2.75) is 149 Å². The van der Waals surface area contributed by atoms with Crippen LogP contribution in [0.15, 0.2) is 150 Å². The van der Waals surface area contributed by atoms with E-state index in [1.54, 1.807) is 20.7 Å². The average Bonchev–Trinajstić information content (AvgIpc) is 3.79. The summed E-state index contributed by atoms with van der Waals surface area (Å²) < 4.78 is 9.62. The molecular weight excluding hydrogens is 917 g/mol. The lowest BCUT2D eigenvalue weighted by Gasteiger charge is -2.45. The van der Waals surface area contributed by atoms with E-state index < -0.39 is 16.1 Å². The molecule has 73 heavy (non-hydrogen) atoms. The maximum atomic E-state index is 6.87. The Bertz CT molecular complexity index is 3630. The van der Waals surface area contributed by atoms with E-state index in [1.807, 2.05) is 0 Å². The normalized spacial score (nSPS) is 15.8. The fourth-order valence-electron chi connectivity index (χ4n) is 14.4. The molecule has 0 radical (unpaired) electrons. The molecule has 4 heterocycles. The van der Waals surface area contributed by atoms with Gasteiger partial charge in [-0.3, -0.25) is 0 Å². The first-order valence-corrected chi connectivity index (χ1v) is 33.3. The van der Waals surface area contributed by atoms with Crippen LogP contribution in [-0.4, -0.2) is 16.1 Å². The minimum Gasteiger partial charge on any atom is -0.456 e. The van der Waals surface area contributed by atoms with E-state index in [2.05, 4.69) is 211 Å². The van der Waals surface area contributed by atoms with E-state index in [0.29, 0.717) is 11.8 Å². The summed E-state index contributed by atoms with van der Waals surface area (Å²) in [5, 5.41) is 15.9. The van der Waals surface area contributed by atoms with Gasteiger partial charge >= 0.3 is 0 Å². The van der Waals surface area contributed by atoms with E-state index in [4.69, 9.17) is 4.42 Å². The molecular formula is C68H75N2OSi2+. The van der Waals surface area contributed by atoms with Crippen molar-refractivity contribution in [3.63, 3.8) is 0 Å². The van der Waals surface area contributed by atoms with Crippen LogP contribution in [0.3, 0.4) is 0 Å². The smallest absolute Gasteiger partial charge is 0.214 e. The van der Waals surface area contributed by atoms with Crippen molar-refractivity contribution in [2.75, 3.05) is 4.90 Å². The third-order valence-corrected chi connectivity index (χ3v) is 28.6. The van der Waals surface area contributed by atoms with E-state index >= 15 is 0 Å². The van der Waals surface area contributed by atoms with Crippen LogP contribution in [-0.2, 0) is 0 Å². The van der Waals surface area contributed by atoms with Crippen LogP contribution < -0.4 is 30.2 Å². The molecule has 5 heteroatoms. The number of hydrogen-bond acceptors (Lipinski definition) is 2. The van der Waals surface area contributed by atoms with Gasteiger partial charge < -0.3 is 9.32 Å². The van der Waals surface area contributed by atoms with E-state index in [1.165, 1.54) is 158 Å². The summed E-state index contributed by atoms with van der Waals surface area (Å²) in [6.45, 7) is 19.2. The zero-order valence-electron chi connectivity index (χ0n) is 44.9. The third kappa shape index (κ3) is 7.33. The van der Waals surface area contributed by atoms with Gasteiger partial charge in [-0.2, -0.15) is 4.57 Å². The molecule has 1 atom stereocenters. The standard InChI is InChI=1S/C68H75N2OSi2/c1-9-13-37-72(38-14-10-2)62-30-22-18-26-51(62)68(54-42-61-53(43-65(54)72)47-25-17-21-29-60(47)71-61)69-44-55(46(7)8)49-33-34-50-59(41-52(45(5)6)48-35-36-58(69)67(49)66(48)50)70-56-27-19-23-31-63(56)73(39-15-11-3,40-16-12-4)64-32-24-20-28-57(64)70/h17-36,41-46,68H,9-16,37-40H2,1-8H3/q+1. The number of unbranched alkanes of at least 4 members (excludes halogenated alkanes) is 4. The quantitative estimate of drug-likeness (QED) is 0.0546. The van der Waals surface area contributed by atoms with Crippen molar-refractivity contribution in [1.82, 2.24) is 0 Å². The van der Waals surface area contributed by atoms with Crippen molar-refractivity contribution < 1.29 is 8.98 Å². The topological polar surface area (TPSA) is 20.3 Å². The first-order chi connectivity index (χ1) is 35.7. The highest BCUT2D eigenvalue weighted by atomic mass is 28.3. The van der Waals surface area contributed by atoms with Gasteiger partial charge in [-0.25, -0.2) is 0 Å². The SMILES string of the molecule is CCCC[Si]1(CCCC)c2ccccc2C([n+]2cc(C(C)C)c3ccc4c(N5c6ccccc6[Si](CCCC)(CCCC)c6ccccc65)cc(C(C)C)c5ccc2c3c54)c2cc3oc4ccccc4c3cc21. The molecule has 2 aliphatic rings. The minimum absolute atomic E-state index is 0.0241. The lowest BCUT2D eigenvalue weighted by atomic mass is 9.85. The number of aromatic nitrogens is 1. The second kappa shape index (κ2) is 19.0. The highest BCUT2D eigenvalue weighted by molar-refractivity contribution is 7.04. The summed E-state index contributed by atoms with van der Waals surface area (Å²) in [6.07, 6.45) is 12.5. The summed E-state index contributed by atoms with van der Waals surface area (Å²) in [5.74, 6) is 0.634. The molecule has 0 spiro atoms. The van der Waals surface area contributed by atoms with Crippen LogP contribution in [0.2, 0.25) is 24.2 Å². The van der Waals surface area contributed by atoms with Gasteiger partial charge in [-0.05, 0) is 109 Å². The van der Waals surface area contributed by atoms with Gasteiger partial charge in [0.25, 0.3) is 0 Å². The molecule has 370 valence electrons. The number of para-hydroxylation sites is 3. The highest BCUT2D eigenvalue weighted by Crippen LogP contribution is 2.50. The summed E-state index contributed by atoms with van der Waals surface area (Å²) in [7, 11) is -4.39.